The molecular weight excluding hydrogens is 602 g/mol. The third-order valence-corrected chi connectivity index (χ3v) is 13.7. The van der Waals surface area contributed by atoms with Crippen molar-refractivity contribution >= 4 is 47.7 Å². The van der Waals surface area contributed by atoms with Crippen LogP contribution >= 0.6 is 15.8 Å². The van der Waals surface area contributed by atoms with Gasteiger partial charge in [-0.2, -0.15) is 0 Å². The number of fused-ring (bicyclic) bond motifs is 2. The molecule has 1 aliphatic rings. The maximum atomic E-state index is 7.32. The van der Waals surface area contributed by atoms with Gasteiger partial charge >= 0.3 is 0 Å². The molecule has 2 unspecified atom stereocenters. The Labute approximate surface area is 274 Å². The van der Waals surface area contributed by atoms with Crippen molar-refractivity contribution in [1.29, 1.82) is 0 Å². The number of rotatable bonds is 8. The van der Waals surface area contributed by atoms with E-state index in [0.29, 0.717) is 0 Å². The minimum absolute atomic E-state index is 0.300. The first kappa shape index (κ1) is 30.2. The molecule has 0 radical (unpaired) electrons. The van der Waals surface area contributed by atoms with Gasteiger partial charge in [-0.05, 0) is 38.6 Å². The fraction of sp³-hybridized carbons (Fsp3) is 0.122. The summed E-state index contributed by atoms with van der Waals surface area (Å²) in [7, 11) is 1.50. The van der Waals surface area contributed by atoms with Gasteiger partial charge in [-0.3, -0.25) is 0 Å². The van der Waals surface area contributed by atoms with Crippen LogP contribution in [0.1, 0.15) is 25.0 Å². The number of hydrogen-bond acceptors (Lipinski definition) is 3. The average molecular weight is 639 g/mol. The highest BCUT2D eigenvalue weighted by Crippen LogP contribution is 2.52. The maximum Gasteiger partial charge on any atom is 0.139 e. The van der Waals surface area contributed by atoms with E-state index in [1.165, 1.54) is 43.0 Å². The van der Waals surface area contributed by atoms with E-state index in [1.54, 1.807) is 14.2 Å². The van der Waals surface area contributed by atoms with Gasteiger partial charge in [0.2, 0.25) is 0 Å². The van der Waals surface area contributed by atoms with Crippen molar-refractivity contribution < 1.29 is 14.2 Å². The summed E-state index contributed by atoms with van der Waals surface area (Å²) in [6.45, 7) is 4.64. The summed E-state index contributed by atoms with van der Waals surface area (Å²) in [5, 5.41) is 7.19. The molecule has 0 fully saturated rings. The number of hydrogen-bond donors (Lipinski definition) is 0. The molecule has 0 saturated carbocycles. The van der Waals surface area contributed by atoms with Crippen LogP contribution in [0, 0.1) is 0 Å². The molecule has 0 aromatic heterocycles. The van der Waals surface area contributed by atoms with Gasteiger partial charge in [-0.1, -0.05) is 147 Å². The molecule has 5 heteroatoms. The van der Waals surface area contributed by atoms with Gasteiger partial charge in [0.15, 0.2) is 0 Å². The van der Waals surface area contributed by atoms with Crippen LogP contribution in [0.25, 0.3) is 0 Å². The lowest BCUT2D eigenvalue weighted by Gasteiger charge is -2.38. The smallest absolute Gasteiger partial charge is 0.139 e. The molecule has 0 N–H and O–H groups in total. The topological polar surface area (TPSA) is 27.7 Å². The molecular formula is C41H36O3P2. The van der Waals surface area contributed by atoms with E-state index in [1.807, 2.05) is 12.1 Å². The zero-order valence-corrected chi connectivity index (χ0v) is 28.3. The SMILES string of the molecule is COc1ccccc1P(c1ccccc1)c1cccc2c1Oc1c(P(c3ccccc3)c3ccccc3OC)cccc1C2(C)C. The fourth-order valence-electron chi connectivity index (χ4n) is 6.45. The van der Waals surface area contributed by atoms with E-state index in [2.05, 4.69) is 147 Å². The van der Waals surface area contributed by atoms with Crippen molar-refractivity contribution in [2.24, 2.45) is 0 Å². The van der Waals surface area contributed by atoms with E-state index in [4.69, 9.17) is 14.2 Å². The van der Waals surface area contributed by atoms with Crippen LogP contribution in [0.5, 0.6) is 23.0 Å². The third-order valence-electron chi connectivity index (χ3n) is 8.70. The quantitative estimate of drug-likeness (QED) is 0.160. The predicted molar refractivity (Wildman–Crippen MR) is 196 cm³/mol. The van der Waals surface area contributed by atoms with Crippen LogP contribution in [-0.4, -0.2) is 14.2 Å². The Balaban J connectivity index is 1.47. The van der Waals surface area contributed by atoms with Gasteiger partial charge in [0.05, 0.1) is 14.2 Å². The Kier molecular flexibility index (Phi) is 8.39. The zero-order chi connectivity index (χ0) is 31.7. The van der Waals surface area contributed by atoms with E-state index in [9.17, 15) is 0 Å². The minimum Gasteiger partial charge on any atom is -0.496 e. The molecule has 0 spiro atoms. The van der Waals surface area contributed by atoms with E-state index in [0.717, 1.165) is 23.0 Å². The van der Waals surface area contributed by atoms with Crippen molar-refractivity contribution in [3.05, 3.63) is 157 Å². The van der Waals surface area contributed by atoms with Gasteiger partial charge in [0.25, 0.3) is 0 Å². The summed E-state index contributed by atoms with van der Waals surface area (Å²) in [4.78, 5) is 0. The highest BCUT2D eigenvalue weighted by Gasteiger charge is 2.39. The molecule has 0 saturated heterocycles. The number of methoxy groups -OCH3 is 2. The van der Waals surface area contributed by atoms with Crippen molar-refractivity contribution in [2.75, 3.05) is 14.2 Å². The predicted octanol–water partition coefficient (Wildman–Crippen LogP) is 7.65. The summed E-state index contributed by atoms with van der Waals surface area (Å²) >= 11 is 0. The number of benzene rings is 6. The highest BCUT2D eigenvalue weighted by molar-refractivity contribution is 7.80. The molecule has 0 bridgehead atoms. The summed E-state index contributed by atoms with van der Waals surface area (Å²) in [5.74, 6) is 3.65. The molecule has 6 aromatic carbocycles. The third kappa shape index (κ3) is 5.28. The van der Waals surface area contributed by atoms with E-state index in [-0.39, 0.29) is 5.41 Å². The second-order valence-corrected chi connectivity index (χ2v) is 16.0. The van der Waals surface area contributed by atoms with Gasteiger partial charge in [0, 0.05) is 37.8 Å². The Morgan fingerprint density at radius 3 is 1.22 bits per heavy atom. The monoisotopic (exact) mass is 638 g/mol. The van der Waals surface area contributed by atoms with Crippen LogP contribution in [0.4, 0.5) is 0 Å². The molecule has 1 aliphatic heterocycles. The van der Waals surface area contributed by atoms with Crippen molar-refractivity contribution in [3.8, 4) is 23.0 Å². The van der Waals surface area contributed by atoms with Gasteiger partial charge in [-0.25, -0.2) is 0 Å². The first-order valence-electron chi connectivity index (χ1n) is 15.4. The summed E-state index contributed by atoms with van der Waals surface area (Å²) < 4.78 is 19.2. The van der Waals surface area contributed by atoms with Gasteiger partial charge in [-0.15, -0.1) is 0 Å². The van der Waals surface area contributed by atoms with Crippen LogP contribution in [0.2, 0.25) is 0 Å². The largest absolute Gasteiger partial charge is 0.496 e. The van der Waals surface area contributed by atoms with E-state index >= 15 is 0 Å². The van der Waals surface area contributed by atoms with Crippen molar-refractivity contribution in [3.63, 3.8) is 0 Å². The van der Waals surface area contributed by atoms with Crippen LogP contribution in [-0.2, 0) is 5.41 Å². The summed E-state index contributed by atoms with van der Waals surface area (Å²) in [5.41, 5.74) is 2.08. The maximum absolute atomic E-state index is 7.32. The Hall–Kier alpha value is -4.42. The lowest BCUT2D eigenvalue weighted by atomic mass is 9.76. The van der Waals surface area contributed by atoms with Crippen LogP contribution < -0.4 is 46.0 Å². The number of para-hydroxylation sites is 4. The second-order valence-electron chi connectivity index (χ2n) is 11.7. The Morgan fingerprint density at radius 2 is 0.804 bits per heavy atom. The van der Waals surface area contributed by atoms with Crippen molar-refractivity contribution in [2.45, 2.75) is 19.3 Å². The second kappa shape index (κ2) is 12.8. The molecule has 228 valence electrons. The average Bonchev–Trinajstić information content (AvgIpc) is 3.10. The Morgan fingerprint density at radius 1 is 0.435 bits per heavy atom. The van der Waals surface area contributed by atoms with E-state index < -0.39 is 15.8 Å². The molecule has 0 amide bonds. The summed E-state index contributed by atoms with van der Waals surface area (Å²) in [6, 6.07) is 51.6. The molecule has 6 aromatic rings. The molecule has 2 atom stereocenters. The zero-order valence-electron chi connectivity index (χ0n) is 26.5. The van der Waals surface area contributed by atoms with Crippen LogP contribution in [0.3, 0.4) is 0 Å². The van der Waals surface area contributed by atoms with Crippen molar-refractivity contribution in [1.82, 2.24) is 0 Å². The molecule has 7 rings (SSSR count). The summed E-state index contributed by atoms with van der Waals surface area (Å²) in [6.07, 6.45) is 0. The standard InChI is InChI=1S/C41H36O3P2/c1-41(2)31-21-15-27-37(45(29-17-7-5-8-18-29)35-25-13-11-23-33(35)42-3)39(31)44-40-32(41)22-16-28-38(40)46(30-19-9-6-10-20-30)36-26-14-12-24-34(36)43-4/h5-28H,1-4H3. The van der Waals surface area contributed by atoms with Gasteiger partial charge in [0.1, 0.15) is 23.0 Å². The Bertz CT molecular complexity index is 1850. The minimum atomic E-state index is -1.00. The first-order chi connectivity index (χ1) is 22.5. The lowest BCUT2D eigenvalue weighted by Crippen LogP contribution is -2.33. The lowest BCUT2D eigenvalue weighted by molar-refractivity contribution is 0.418. The first-order valence-corrected chi connectivity index (χ1v) is 18.1. The molecule has 3 nitrogen and oxygen atoms in total. The normalized spacial score (nSPS) is 14.3. The van der Waals surface area contributed by atoms with Gasteiger partial charge < -0.3 is 14.2 Å². The highest BCUT2D eigenvalue weighted by atomic mass is 31.1. The molecule has 46 heavy (non-hydrogen) atoms. The number of ether oxygens (including phenoxy) is 3. The van der Waals surface area contributed by atoms with Crippen LogP contribution in [0.15, 0.2) is 146 Å². The molecule has 1 heterocycles. The molecule has 0 aliphatic carbocycles. The fourth-order valence-corrected chi connectivity index (χ4v) is 11.5.